The van der Waals surface area contributed by atoms with E-state index in [1.54, 1.807) is 0 Å². The monoisotopic (exact) mass is 203 g/mol. The highest BCUT2D eigenvalue weighted by Crippen LogP contribution is 2.36. The van der Waals surface area contributed by atoms with E-state index in [1.165, 1.54) is 5.56 Å². The molecule has 1 aromatic rings. The van der Waals surface area contributed by atoms with E-state index in [0.29, 0.717) is 0 Å². The van der Waals surface area contributed by atoms with Crippen molar-refractivity contribution in [2.75, 3.05) is 11.4 Å². The van der Waals surface area contributed by atoms with E-state index >= 15 is 0 Å². The molecule has 0 aliphatic carbocycles. The number of fused-ring (bicyclic) bond motifs is 1. The number of anilines is 1. The second-order valence-corrected chi connectivity index (χ2v) is 4.74. The minimum absolute atomic E-state index is 0.240. The fourth-order valence-electron chi connectivity index (χ4n) is 2.26. The van der Waals surface area contributed by atoms with Crippen LogP contribution in [0.4, 0.5) is 5.69 Å². The average molecular weight is 203 g/mol. The smallest absolute Gasteiger partial charge is 0.232 e. The van der Waals surface area contributed by atoms with E-state index in [0.717, 1.165) is 18.7 Å². The molecule has 0 saturated carbocycles. The standard InChI is InChI=1S/C13H17NO/c1-4-14-11-8-6-5-7-10(11)9-13(2,3)12(14)15/h5-8H,4,9H2,1-3H3. The summed E-state index contributed by atoms with van der Waals surface area (Å²) >= 11 is 0. The maximum atomic E-state index is 12.2. The number of amides is 1. The van der Waals surface area contributed by atoms with E-state index < -0.39 is 0 Å². The maximum absolute atomic E-state index is 12.2. The SMILES string of the molecule is CCN1C(=O)C(C)(C)Cc2ccccc21. The van der Waals surface area contributed by atoms with Gasteiger partial charge < -0.3 is 4.90 Å². The largest absolute Gasteiger partial charge is 0.312 e. The van der Waals surface area contributed by atoms with Gasteiger partial charge in [-0.1, -0.05) is 32.0 Å². The zero-order valence-corrected chi connectivity index (χ0v) is 9.58. The predicted octanol–water partition coefficient (Wildman–Crippen LogP) is 2.62. The molecule has 0 spiro atoms. The number of nitrogens with zero attached hydrogens (tertiary/aromatic N) is 1. The number of hydrogen-bond acceptors (Lipinski definition) is 1. The molecule has 0 N–H and O–H groups in total. The number of benzene rings is 1. The summed E-state index contributed by atoms with van der Waals surface area (Å²) in [6, 6.07) is 8.18. The molecule has 1 aromatic carbocycles. The zero-order chi connectivity index (χ0) is 11.1. The van der Waals surface area contributed by atoms with Crippen molar-refractivity contribution in [2.24, 2.45) is 5.41 Å². The molecular formula is C13H17NO. The van der Waals surface area contributed by atoms with Gasteiger partial charge in [0.05, 0.1) is 0 Å². The summed E-state index contributed by atoms with van der Waals surface area (Å²) in [6.07, 6.45) is 0.846. The Balaban J connectivity index is 2.53. The molecule has 0 fully saturated rings. The quantitative estimate of drug-likeness (QED) is 0.687. The zero-order valence-electron chi connectivity index (χ0n) is 9.58. The lowest BCUT2D eigenvalue weighted by Crippen LogP contribution is -2.46. The van der Waals surface area contributed by atoms with Crippen molar-refractivity contribution in [1.82, 2.24) is 0 Å². The molecule has 0 radical (unpaired) electrons. The highest BCUT2D eigenvalue weighted by Gasteiger charge is 2.37. The molecule has 1 amide bonds. The van der Waals surface area contributed by atoms with Crippen LogP contribution in [-0.4, -0.2) is 12.5 Å². The molecule has 2 rings (SSSR count). The molecule has 0 aromatic heterocycles. The van der Waals surface area contributed by atoms with Gasteiger partial charge in [-0.15, -0.1) is 0 Å². The van der Waals surface area contributed by atoms with Crippen LogP contribution < -0.4 is 4.90 Å². The molecule has 1 aliphatic rings. The van der Waals surface area contributed by atoms with Gasteiger partial charge in [0.25, 0.3) is 0 Å². The first-order valence-corrected chi connectivity index (χ1v) is 5.46. The summed E-state index contributed by atoms with van der Waals surface area (Å²) < 4.78 is 0. The summed E-state index contributed by atoms with van der Waals surface area (Å²) in [5.41, 5.74) is 2.11. The normalized spacial score (nSPS) is 18.9. The summed E-state index contributed by atoms with van der Waals surface area (Å²) in [7, 11) is 0. The number of rotatable bonds is 1. The fraction of sp³-hybridized carbons (Fsp3) is 0.462. The van der Waals surface area contributed by atoms with E-state index in [1.807, 2.05) is 43.9 Å². The van der Waals surface area contributed by atoms with Crippen LogP contribution in [0.1, 0.15) is 26.3 Å². The van der Waals surface area contributed by atoms with Gasteiger partial charge in [0, 0.05) is 17.6 Å². The fourth-order valence-corrected chi connectivity index (χ4v) is 2.26. The Labute approximate surface area is 90.9 Å². The number of carbonyl (C=O) groups is 1. The van der Waals surface area contributed by atoms with Gasteiger partial charge in [-0.05, 0) is 25.0 Å². The van der Waals surface area contributed by atoms with Gasteiger partial charge in [0.2, 0.25) is 5.91 Å². The summed E-state index contributed by atoms with van der Waals surface area (Å²) in [5.74, 6) is 0.240. The third-order valence-electron chi connectivity index (χ3n) is 3.06. The molecule has 0 saturated heterocycles. The van der Waals surface area contributed by atoms with Crippen molar-refractivity contribution in [3.8, 4) is 0 Å². The van der Waals surface area contributed by atoms with Crippen molar-refractivity contribution in [1.29, 1.82) is 0 Å². The molecule has 1 aliphatic heterocycles. The van der Waals surface area contributed by atoms with Gasteiger partial charge >= 0.3 is 0 Å². The Morgan fingerprint density at radius 2 is 2.00 bits per heavy atom. The summed E-state index contributed by atoms with van der Waals surface area (Å²) in [5, 5.41) is 0. The third-order valence-corrected chi connectivity index (χ3v) is 3.06. The molecule has 0 bridgehead atoms. The number of carbonyl (C=O) groups excluding carboxylic acids is 1. The van der Waals surface area contributed by atoms with Crippen molar-refractivity contribution in [2.45, 2.75) is 27.2 Å². The minimum atomic E-state index is -0.260. The molecular weight excluding hydrogens is 186 g/mol. The molecule has 2 nitrogen and oxygen atoms in total. The Hall–Kier alpha value is -1.31. The van der Waals surface area contributed by atoms with Crippen LogP contribution in [-0.2, 0) is 11.2 Å². The van der Waals surface area contributed by atoms with E-state index in [9.17, 15) is 4.79 Å². The Morgan fingerprint density at radius 1 is 1.33 bits per heavy atom. The van der Waals surface area contributed by atoms with Gasteiger partial charge in [0.1, 0.15) is 0 Å². The summed E-state index contributed by atoms with van der Waals surface area (Å²) in [6.45, 7) is 6.82. The lowest BCUT2D eigenvalue weighted by molar-refractivity contribution is -0.127. The van der Waals surface area contributed by atoms with Crippen LogP contribution in [0.2, 0.25) is 0 Å². The van der Waals surface area contributed by atoms with Crippen LogP contribution in [0.25, 0.3) is 0 Å². The van der Waals surface area contributed by atoms with Gasteiger partial charge in [0.15, 0.2) is 0 Å². The van der Waals surface area contributed by atoms with Gasteiger partial charge in [-0.3, -0.25) is 4.79 Å². The van der Waals surface area contributed by atoms with Gasteiger partial charge in [-0.2, -0.15) is 0 Å². The first-order chi connectivity index (χ1) is 7.06. The first-order valence-electron chi connectivity index (χ1n) is 5.46. The Bertz CT molecular complexity index is 395. The Morgan fingerprint density at radius 3 is 2.67 bits per heavy atom. The third kappa shape index (κ3) is 1.54. The number of hydrogen-bond donors (Lipinski definition) is 0. The van der Waals surface area contributed by atoms with Crippen molar-refractivity contribution in [3.63, 3.8) is 0 Å². The van der Waals surface area contributed by atoms with E-state index in [-0.39, 0.29) is 11.3 Å². The second kappa shape index (κ2) is 3.37. The van der Waals surface area contributed by atoms with E-state index in [4.69, 9.17) is 0 Å². The molecule has 0 atom stereocenters. The Kier molecular flexibility index (Phi) is 2.29. The highest BCUT2D eigenvalue weighted by atomic mass is 16.2. The first kappa shape index (κ1) is 10.2. The van der Waals surface area contributed by atoms with Crippen LogP contribution in [0, 0.1) is 5.41 Å². The van der Waals surface area contributed by atoms with Crippen molar-refractivity contribution >= 4 is 11.6 Å². The maximum Gasteiger partial charge on any atom is 0.232 e. The average Bonchev–Trinajstić information content (AvgIpc) is 2.19. The predicted molar refractivity (Wildman–Crippen MR) is 62.0 cm³/mol. The van der Waals surface area contributed by atoms with Crippen molar-refractivity contribution in [3.05, 3.63) is 29.8 Å². The van der Waals surface area contributed by atoms with Crippen LogP contribution in [0.15, 0.2) is 24.3 Å². The van der Waals surface area contributed by atoms with Crippen LogP contribution in [0.5, 0.6) is 0 Å². The summed E-state index contributed by atoms with van der Waals surface area (Å²) in [4.78, 5) is 14.1. The van der Waals surface area contributed by atoms with Crippen LogP contribution >= 0.6 is 0 Å². The van der Waals surface area contributed by atoms with Crippen LogP contribution in [0.3, 0.4) is 0 Å². The number of para-hydroxylation sites is 1. The molecule has 1 heterocycles. The highest BCUT2D eigenvalue weighted by molar-refractivity contribution is 6.00. The lowest BCUT2D eigenvalue weighted by atomic mass is 9.80. The minimum Gasteiger partial charge on any atom is -0.312 e. The molecule has 80 valence electrons. The molecule has 15 heavy (non-hydrogen) atoms. The second-order valence-electron chi connectivity index (χ2n) is 4.74. The molecule has 2 heteroatoms. The molecule has 0 unspecified atom stereocenters. The van der Waals surface area contributed by atoms with Crippen molar-refractivity contribution < 1.29 is 4.79 Å². The lowest BCUT2D eigenvalue weighted by Gasteiger charge is -2.38. The topological polar surface area (TPSA) is 20.3 Å². The van der Waals surface area contributed by atoms with Gasteiger partial charge in [-0.25, -0.2) is 0 Å². The van der Waals surface area contributed by atoms with E-state index in [2.05, 4.69) is 6.07 Å².